The first-order valence-corrected chi connectivity index (χ1v) is 7.50. The third-order valence-corrected chi connectivity index (χ3v) is 4.38. The molecule has 0 aliphatic carbocycles. The van der Waals surface area contributed by atoms with Gasteiger partial charge in [-0.25, -0.2) is 4.98 Å². The molecule has 0 saturated carbocycles. The molecule has 0 radical (unpaired) electrons. The third-order valence-electron chi connectivity index (χ3n) is 3.54. The van der Waals surface area contributed by atoms with Crippen molar-refractivity contribution in [2.75, 3.05) is 13.1 Å². The van der Waals surface area contributed by atoms with Crippen LogP contribution in [0.3, 0.4) is 0 Å². The SMILES string of the molecule is Cn1cc(-c2csc(CN3CCC(N)CC3)n2)cn1. The lowest BCUT2D eigenvalue weighted by molar-refractivity contribution is 0.205. The van der Waals surface area contributed by atoms with E-state index in [-0.39, 0.29) is 0 Å². The van der Waals surface area contributed by atoms with Gasteiger partial charge in [0, 0.05) is 43.3 Å². The van der Waals surface area contributed by atoms with Crippen LogP contribution in [-0.2, 0) is 13.6 Å². The molecule has 1 fully saturated rings. The van der Waals surface area contributed by atoms with Gasteiger partial charge in [-0.2, -0.15) is 5.10 Å². The summed E-state index contributed by atoms with van der Waals surface area (Å²) in [7, 11) is 1.92. The molecule has 2 aromatic rings. The minimum atomic E-state index is 0.387. The number of rotatable bonds is 3. The molecule has 0 bridgehead atoms. The summed E-state index contributed by atoms with van der Waals surface area (Å²) in [5, 5.41) is 7.47. The third kappa shape index (κ3) is 3.02. The van der Waals surface area contributed by atoms with Crippen molar-refractivity contribution in [2.45, 2.75) is 25.4 Å². The number of likely N-dealkylation sites (tertiary alicyclic amines) is 1. The first-order chi connectivity index (χ1) is 9.20. The van der Waals surface area contributed by atoms with Gasteiger partial charge in [-0.05, 0) is 12.8 Å². The monoisotopic (exact) mass is 277 g/mol. The van der Waals surface area contributed by atoms with Crippen molar-refractivity contribution < 1.29 is 0 Å². The Kier molecular flexibility index (Phi) is 3.63. The molecule has 0 amide bonds. The number of thiazole rings is 1. The van der Waals surface area contributed by atoms with E-state index in [1.54, 1.807) is 16.0 Å². The molecule has 19 heavy (non-hydrogen) atoms. The fraction of sp³-hybridized carbons (Fsp3) is 0.538. The van der Waals surface area contributed by atoms with E-state index in [1.807, 2.05) is 19.4 Å². The molecule has 5 nitrogen and oxygen atoms in total. The van der Waals surface area contributed by atoms with Crippen LogP contribution < -0.4 is 5.73 Å². The van der Waals surface area contributed by atoms with Crippen molar-refractivity contribution in [3.05, 3.63) is 22.8 Å². The lowest BCUT2D eigenvalue weighted by Gasteiger charge is -2.29. The Morgan fingerprint density at radius 3 is 2.89 bits per heavy atom. The van der Waals surface area contributed by atoms with E-state index in [9.17, 15) is 0 Å². The summed E-state index contributed by atoms with van der Waals surface area (Å²) in [6.45, 7) is 3.11. The number of hydrogen-bond donors (Lipinski definition) is 1. The van der Waals surface area contributed by atoms with Crippen LogP contribution in [0.2, 0.25) is 0 Å². The largest absolute Gasteiger partial charge is 0.328 e. The van der Waals surface area contributed by atoms with Crippen molar-refractivity contribution in [1.29, 1.82) is 0 Å². The minimum absolute atomic E-state index is 0.387. The maximum atomic E-state index is 5.92. The number of aromatic nitrogens is 3. The van der Waals surface area contributed by atoms with Crippen LogP contribution in [0.1, 0.15) is 17.8 Å². The highest BCUT2D eigenvalue weighted by atomic mass is 32.1. The molecule has 6 heteroatoms. The van der Waals surface area contributed by atoms with Crippen molar-refractivity contribution in [2.24, 2.45) is 12.8 Å². The molecular formula is C13H19N5S. The van der Waals surface area contributed by atoms with E-state index < -0.39 is 0 Å². The van der Waals surface area contributed by atoms with Crippen LogP contribution in [0, 0.1) is 0 Å². The van der Waals surface area contributed by atoms with E-state index in [4.69, 9.17) is 10.7 Å². The quantitative estimate of drug-likeness (QED) is 0.923. The number of nitrogens with zero attached hydrogens (tertiary/aromatic N) is 4. The fourth-order valence-electron chi connectivity index (χ4n) is 2.37. The Morgan fingerprint density at radius 2 is 2.21 bits per heavy atom. The van der Waals surface area contributed by atoms with Crippen LogP contribution in [0.4, 0.5) is 0 Å². The maximum absolute atomic E-state index is 5.92. The molecule has 0 spiro atoms. The summed E-state index contributed by atoms with van der Waals surface area (Å²) in [5.74, 6) is 0. The first kappa shape index (κ1) is 12.8. The van der Waals surface area contributed by atoms with E-state index in [1.165, 1.54) is 5.01 Å². The molecule has 1 aliphatic rings. The lowest BCUT2D eigenvalue weighted by atomic mass is 10.1. The Hall–Kier alpha value is -1.24. The van der Waals surface area contributed by atoms with E-state index in [0.717, 1.165) is 43.7 Å². The zero-order chi connectivity index (χ0) is 13.2. The summed E-state index contributed by atoms with van der Waals surface area (Å²) in [4.78, 5) is 7.14. The normalized spacial score (nSPS) is 18.0. The Bertz CT molecular complexity index is 539. The van der Waals surface area contributed by atoms with Gasteiger partial charge < -0.3 is 5.73 Å². The number of nitrogens with two attached hydrogens (primary N) is 1. The van der Waals surface area contributed by atoms with Gasteiger partial charge in [-0.3, -0.25) is 9.58 Å². The number of aryl methyl sites for hydroxylation is 1. The number of piperidine rings is 1. The van der Waals surface area contributed by atoms with Crippen LogP contribution >= 0.6 is 11.3 Å². The molecule has 3 heterocycles. The highest BCUT2D eigenvalue weighted by Crippen LogP contribution is 2.22. The van der Waals surface area contributed by atoms with Crippen molar-refractivity contribution in [3.8, 4) is 11.3 Å². The summed E-state index contributed by atoms with van der Waals surface area (Å²) < 4.78 is 1.81. The summed E-state index contributed by atoms with van der Waals surface area (Å²) in [5.41, 5.74) is 8.04. The van der Waals surface area contributed by atoms with E-state index in [0.29, 0.717) is 6.04 Å². The van der Waals surface area contributed by atoms with Gasteiger partial charge in [0.15, 0.2) is 0 Å². The fourth-order valence-corrected chi connectivity index (χ4v) is 3.22. The smallest absolute Gasteiger partial charge is 0.107 e. The van der Waals surface area contributed by atoms with Gasteiger partial charge in [0.2, 0.25) is 0 Å². The predicted octanol–water partition coefficient (Wildman–Crippen LogP) is 1.47. The zero-order valence-corrected chi connectivity index (χ0v) is 11.9. The molecular weight excluding hydrogens is 258 g/mol. The summed E-state index contributed by atoms with van der Waals surface area (Å²) in [6.07, 6.45) is 6.05. The van der Waals surface area contributed by atoms with E-state index in [2.05, 4.69) is 15.4 Å². The highest BCUT2D eigenvalue weighted by Gasteiger charge is 2.17. The predicted molar refractivity (Wildman–Crippen MR) is 76.8 cm³/mol. The molecule has 2 N–H and O–H groups in total. The second kappa shape index (κ2) is 5.40. The molecule has 102 valence electrons. The van der Waals surface area contributed by atoms with Gasteiger partial charge in [-0.15, -0.1) is 11.3 Å². The summed E-state index contributed by atoms with van der Waals surface area (Å²) in [6, 6.07) is 0.387. The van der Waals surface area contributed by atoms with Crippen LogP contribution in [0.15, 0.2) is 17.8 Å². The molecule has 1 aliphatic heterocycles. The van der Waals surface area contributed by atoms with Crippen LogP contribution in [0.5, 0.6) is 0 Å². The van der Waals surface area contributed by atoms with Crippen molar-refractivity contribution in [1.82, 2.24) is 19.7 Å². The van der Waals surface area contributed by atoms with Crippen LogP contribution in [0.25, 0.3) is 11.3 Å². The Labute approximate surface area is 117 Å². The van der Waals surface area contributed by atoms with Crippen LogP contribution in [-0.4, -0.2) is 38.8 Å². The average molecular weight is 277 g/mol. The molecule has 1 saturated heterocycles. The standard InChI is InChI=1S/C13H19N5S/c1-17-7-10(6-15-17)12-9-19-13(16-12)8-18-4-2-11(14)3-5-18/h6-7,9,11H,2-5,8,14H2,1H3. The maximum Gasteiger partial charge on any atom is 0.107 e. The lowest BCUT2D eigenvalue weighted by Crippen LogP contribution is -2.39. The molecule has 0 atom stereocenters. The second-order valence-corrected chi connectivity index (χ2v) is 6.09. The van der Waals surface area contributed by atoms with E-state index >= 15 is 0 Å². The molecule has 3 rings (SSSR count). The summed E-state index contributed by atoms with van der Waals surface area (Å²) >= 11 is 1.73. The van der Waals surface area contributed by atoms with Gasteiger partial charge in [-0.1, -0.05) is 0 Å². The van der Waals surface area contributed by atoms with Crippen molar-refractivity contribution >= 4 is 11.3 Å². The highest BCUT2D eigenvalue weighted by molar-refractivity contribution is 7.09. The number of hydrogen-bond acceptors (Lipinski definition) is 5. The first-order valence-electron chi connectivity index (χ1n) is 6.62. The molecule has 0 aromatic carbocycles. The molecule has 0 unspecified atom stereocenters. The van der Waals surface area contributed by atoms with Gasteiger partial charge >= 0.3 is 0 Å². The Morgan fingerprint density at radius 1 is 1.42 bits per heavy atom. The topological polar surface area (TPSA) is 60.0 Å². The average Bonchev–Trinajstić information content (AvgIpc) is 3.01. The molecule has 2 aromatic heterocycles. The van der Waals surface area contributed by atoms with Gasteiger partial charge in [0.1, 0.15) is 5.01 Å². The second-order valence-electron chi connectivity index (χ2n) is 5.14. The van der Waals surface area contributed by atoms with Crippen molar-refractivity contribution in [3.63, 3.8) is 0 Å². The van der Waals surface area contributed by atoms with Gasteiger partial charge in [0.05, 0.1) is 18.4 Å². The minimum Gasteiger partial charge on any atom is -0.328 e. The Balaban J connectivity index is 1.65. The zero-order valence-electron chi connectivity index (χ0n) is 11.1. The van der Waals surface area contributed by atoms with Gasteiger partial charge in [0.25, 0.3) is 0 Å².